The van der Waals surface area contributed by atoms with Crippen molar-refractivity contribution in [3.05, 3.63) is 0 Å². The monoisotopic (exact) mass is 418 g/mol. The van der Waals surface area contributed by atoms with Gasteiger partial charge in [0.1, 0.15) is 0 Å². The highest BCUT2D eigenvalue weighted by molar-refractivity contribution is 4.50. The zero-order chi connectivity index (χ0) is 23.3. The van der Waals surface area contributed by atoms with Crippen LogP contribution in [0.1, 0.15) is 113 Å². The Kier molecular flexibility index (Phi) is 44.2. The molecule has 0 spiro atoms. The lowest BCUT2D eigenvalue weighted by atomic mass is 10.3. The molecular formula is C26H63N3. The minimum absolute atomic E-state index is 1.16. The molecule has 0 heterocycles. The van der Waals surface area contributed by atoms with E-state index in [4.69, 9.17) is 0 Å². The van der Waals surface area contributed by atoms with E-state index in [9.17, 15) is 0 Å². The van der Waals surface area contributed by atoms with Gasteiger partial charge in [-0.05, 0) is 86.1 Å². The van der Waals surface area contributed by atoms with Gasteiger partial charge < -0.3 is 14.7 Å². The third-order valence-electron chi connectivity index (χ3n) is 4.65. The largest absolute Gasteiger partial charge is 0.307 e. The average molecular weight is 418 g/mol. The van der Waals surface area contributed by atoms with Crippen LogP contribution >= 0.6 is 0 Å². The van der Waals surface area contributed by atoms with Gasteiger partial charge in [0.05, 0.1) is 0 Å². The molecule has 0 radical (unpaired) electrons. The summed E-state index contributed by atoms with van der Waals surface area (Å²) in [6, 6.07) is 0. The highest BCUT2D eigenvalue weighted by Crippen LogP contribution is 1.95. The van der Waals surface area contributed by atoms with Crippen LogP contribution in [-0.4, -0.2) is 75.1 Å². The van der Waals surface area contributed by atoms with E-state index in [-0.39, 0.29) is 0 Å². The minimum atomic E-state index is 1.16. The molecule has 0 aromatic carbocycles. The van der Waals surface area contributed by atoms with E-state index < -0.39 is 0 Å². The topological polar surface area (TPSA) is 9.72 Å². The number of rotatable bonds is 14. The Bertz CT molecular complexity index is 196. The van der Waals surface area contributed by atoms with Gasteiger partial charge in [0.15, 0.2) is 0 Å². The van der Waals surface area contributed by atoms with E-state index in [0.29, 0.717) is 0 Å². The van der Waals surface area contributed by atoms with Crippen molar-refractivity contribution in [2.45, 2.75) is 113 Å². The van der Waals surface area contributed by atoms with Crippen molar-refractivity contribution in [1.29, 1.82) is 0 Å². The maximum Gasteiger partial charge on any atom is -0.00219 e. The van der Waals surface area contributed by atoms with Gasteiger partial charge in [0, 0.05) is 0 Å². The molecule has 0 aliphatic carbocycles. The van der Waals surface area contributed by atoms with Crippen LogP contribution in [0.15, 0.2) is 0 Å². The summed E-state index contributed by atoms with van der Waals surface area (Å²) in [7, 11) is 6.54. The lowest BCUT2D eigenvalue weighted by molar-refractivity contribution is 0.322. The molecule has 182 valence electrons. The molecule has 0 aliphatic rings. The van der Waals surface area contributed by atoms with Crippen LogP contribution in [0.4, 0.5) is 0 Å². The van der Waals surface area contributed by atoms with Crippen LogP contribution in [0.2, 0.25) is 0 Å². The molecule has 0 N–H and O–H groups in total. The molecule has 0 rings (SSSR count). The quantitative estimate of drug-likeness (QED) is 0.291. The van der Waals surface area contributed by atoms with Crippen LogP contribution < -0.4 is 0 Å². The average Bonchev–Trinajstić information content (AvgIpc) is 2.74. The molecule has 29 heavy (non-hydrogen) atoms. The van der Waals surface area contributed by atoms with Crippen LogP contribution in [0.5, 0.6) is 0 Å². The Morgan fingerprint density at radius 2 is 0.586 bits per heavy atom. The smallest absolute Gasteiger partial charge is 0.00219 e. The fourth-order valence-electron chi connectivity index (χ4n) is 2.16. The number of unbranched alkanes of at least 4 members (excludes halogenated alkanes) is 4. The summed E-state index contributed by atoms with van der Waals surface area (Å²) in [5.74, 6) is 0. The van der Waals surface area contributed by atoms with Gasteiger partial charge >= 0.3 is 0 Å². The first-order valence-electron chi connectivity index (χ1n) is 12.9. The zero-order valence-corrected chi connectivity index (χ0v) is 22.9. The van der Waals surface area contributed by atoms with Gasteiger partial charge in [-0.25, -0.2) is 0 Å². The van der Waals surface area contributed by atoms with E-state index in [1.54, 1.807) is 0 Å². The van der Waals surface area contributed by atoms with E-state index >= 15 is 0 Å². The highest BCUT2D eigenvalue weighted by Gasteiger charge is 1.94. The number of nitrogens with zero attached hydrogens (tertiary/aromatic N) is 3. The highest BCUT2D eigenvalue weighted by atomic mass is 15.1. The van der Waals surface area contributed by atoms with Gasteiger partial charge in [0.2, 0.25) is 0 Å². The zero-order valence-electron chi connectivity index (χ0n) is 22.9. The predicted octanol–water partition coefficient (Wildman–Crippen LogP) is 7.41. The molecule has 0 bridgehead atoms. The predicted molar refractivity (Wildman–Crippen MR) is 139 cm³/mol. The van der Waals surface area contributed by atoms with Crippen molar-refractivity contribution in [3.63, 3.8) is 0 Å². The first-order chi connectivity index (χ1) is 13.8. The van der Waals surface area contributed by atoms with E-state index in [2.05, 4.69) is 91.2 Å². The number of hydrogen-bond donors (Lipinski definition) is 0. The second-order valence-electron chi connectivity index (χ2n) is 8.22. The standard InChI is InChI=1S/2C9H21N.C5H13N.C3H8/c2*1-4-6-8-10(3)9-7-5-2;1-4-6(3)5-2;1-3-2/h2*4-9H2,1-3H3;4-5H2,1-3H3;3H2,1-2H3. The van der Waals surface area contributed by atoms with Crippen molar-refractivity contribution in [2.75, 3.05) is 60.4 Å². The van der Waals surface area contributed by atoms with Crippen LogP contribution in [-0.2, 0) is 0 Å². The molecule has 0 fully saturated rings. The molecule has 0 aliphatic heterocycles. The molecule has 0 unspecified atom stereocenters. The van der Waals surface area contributed by atoms with Crippen LogP contribution in [0, 0.1) is 0 Å². The Morgan fingerprint density at radius 1 is 0.379 bits per heavy atom. The maximum atomic E-state index is 2.42. The molecule has 3 heteroatoms. The molecule has 3 nitrogen and oxygen atoms in total. The summed E-state index contributed by atoms with van der Waals surface area (Å²) < 4.78 is 0. The van der Waals surface area contributed by atoms with Crippen molar-refractivity contribution in [3.8, 4) is 0 Å². The second-order valence-corrected chi connectivity index (χ2v) is 8.22. The number of hydrogen-bond acceptors (Lipinski definition) is 3. The summed E-state index contributed by atoms with van der Waals surface area (Å²) in [4.78, 5) is 7.10. The molecule has 0 amide bonds. The third-order valence-corrected chi connectivity index (χ3v) is 4.65. The molecule has 0 saturated heterocycles. The van der Waals surface area contributed by atoms with E-state index in [1.165, 1.54) is 84.0 Å². The molecule has 0 aromatic rings. The van der Waals surface area contributed by atoms with Crippen LogP contribution in [0.3, 0.4) is 0 Å². The molecule has 0 aromatic heterocycles. The van der Waals surface area contributed by atoms with Gasteiger partial charge in [-0.3, -0.25) is 0 Å². The lowest BCUT2D eigenvalue weighted by Crippen LogP contribution is -2.20. The van der Waals surface area contributed by atoms with Crippen LogP contribution in [0.25, 0.3) is 0 Å². The van der Waals surface area contributed by atoms with Gasteiger partial charge in [-0.1, -0.05) is 87.5 Å². The minimum Gasteiger partial charge on any atom is -0.307 e. The maximum absolute atomic E-state index is 2.42. The normalized spacial score (nSPS) is 10.1. The van der Waals surface area contributed by atoms with E-state index in [0.717, 1.165) is 13.1 Å². The molecular weight excluding hydrogens is 354 g/mol. The summed E-state index contributed by atoms with van der Waals surface area (Å²) in [5.41, 5.74) is 0. The Morgan fingerprint density at radius 3 is 0.690 bits per heavy atom. The summed E-state index contributed by atoms with van der Waals surface area (Å²) >= 11 is 0. The first kappa shape index (κ1) is 36.3. The fraction of sp³-hybridized carbons (Fsp3) is 1.00. The summed E-state index contributed by atoms with van der Waals surface area (Å²) in [6.07, 6.45) is 11.9. The second kappa shape index (κ2) is 35.3. The molecule has 0 saturated carbocycles. The van der Waals surface area contributed by atoms with Crippen molar-refractivity contribution in [2.24, 2.45) is 0 Å². The Hall–Kier alpha value is -0.120. The summed E-state index contributed by atoms with van der Waals surface area (Å²) in [6.45, 7) is 25.0. The Balaban J connectivity index is -0.000000155. The van der Waals surface area contributed by atoms with Crippen molar-refractivity contribution < 1.29 is 0 Å². The van der Waals surface area contributed by atoms with Gasteiger partial charge in [-0.15, -0.1) is 0 Å². The summed E-state index contributed by atoms with van der Waals surface area (Å²) in [5, 5.41) is 0. The third kappa shape index (κ3) is 47.2. The van der Waals surface area contributed by atoms with Gasteiger partial charge in [-0.2, -0.15) is 0 Å². The van der Waals surface area contributed by atoms with Crippen molar-refractivity contribution >= 4 is 0 Å². The molecule has 0 atom stereocenters. The van der Waals surface area contributed by atoms with Gasteiger partial charge in [0.25, 0.3) is 0 Å². The lowest BCUT2D eigenvalue weighted by Gasteiger charge is -2.14. The fourth-order valence-corrected chi connectivity index (χ4v) is 2.16. The SMILES string of the molecule is CCC.CCCCN(C)CCCC.CCCCN(C)CCCC.CCN(C)CC. The Labute approximate surface area is 188 Å². The van der Waals surface area contributed by atoms with Crippen molar-refractivity contribution in [1.82, 2.24) is 14.7 Å². The van der Waals surface area contributed by atoms with E-state index in [1.807, 2.05) is 0 Å². The first-order valence-corrected chi connectivity index (χ1v) is 12.9.